The van der Waals surface area contributed by atoms with Crippen LogP contribution in [-0.4, -0.2) is 24.7 Å². The van der Waals surface area contributed by atoms with E-state index < -0.39 is 5.54 Å². The SMILES string of the molecule is CCCCc1ccc(OC2CCC(N)(C(=O)OC)C2)cc1. The lowest BCUT2D eigenvalue weighted by molar-refractivity contribution is -0.147. The highest BCUT2D eigenvalue weighted by molar-refractivity contribution is 5.80. The molecule has 2 N–H and O–H groups in total. The van der Waals surface area contributed by atoms with Crippen molar-refractivity contribution in [3.05, 3.63) is 29.8 Å². The summed E-state index contributed by atoms with van der Waals surface area (Å²) in [4.78, 5) is 11.7. The van der Waals surface area contributed by atoms with Crippen molar-refractivity contribution < 1.29 is 14.3 Å². The van der Waals surface area contributed by atoms with Crippen molar-refractivity contribution in [3.8, 4) is 5.75 Å². The third-order valence-electron chi connectivity index (χ3n) is 4.14. The van der Waals surface area contributed by atoms with E-state index in [0.717, 1.165) is 18.6 Å². The van der Waals surface area contributed by atoms with Crippen molar-refractivity contribution in [2.45, 2.75) is 57.1 Å². The molecule has 0 radical (unpaired) electrons. The number of esters is 1. The summed E-state index contributed by atoms with van der Waals surface area (Å²) in [6, 6.07) is 8.21. The van der Waals surface area contributed by atoms with Crippen molar-refractivity contribution >= 4 is 5.97 Å². The number of rotatable bonds is 6. The third-order valence-corrected chi connectivity index (χ3v) is 4.14. The lowest BCUT2D eigenvalue weighted by Crippen LogP contribution is -2.47. The Balaban J connectivity index is 1.90. The van der Waals surface area contributed by atoms with Gasteiger partial charge in [-0.05, 0) is 43.4 Å². The van der Waals surface area contributed by atoms with Crippen LogP contribution in [-0.2, 0) is 16.0 Å². The molecule has 0 amide bonds. The minimum atomic E-state index is -0.888. The maximum absolute atomic E-state index is 11.7. The van der Waals surface area contributed by atoms with Crippen LogP contribution in [0.2, 0.25) is 0 Å². The van der Waals surface area contributed by atoms with E-state index >= 15 is 0 Å². The first-order valence-corrected chi connectivity index (χ1v) is 7.70. The van der Waals surface area contributed by atoms with Gasteiger partial charge in [-0.1, -0.05) is 25.5 Å². The fourth-order valence-corrected chi connectivity index (χ4v) is 2.83. The highest BCUT2D eigenvalue weighted by atomic mass is 16.5. The topological polar surface area (TPSA) is 61.5 Å². The van der Waals surface area contributed by atoms with E-state index in [1.807, 2.05) is 12.1 Å². The molecule has 0 spiro atoms. The predicted molar refractivity (Wildman–Crippen MR) is 82.3 cm³/mol. The van der Waals surface area contributed by atoms with Crippen molar-refractivity contribution in [1.82, 2.24) is 0 Å². The number of nitrogens with two attached hydrogens (primary N) is 1. The molecule has 0 aliphatic heterocycles. The van der Waals surface area contributed by atoms with Crippen LogP contribution in [0, 0.1) is 0 Å². The number of benzene rings is 1. The number of methoxy groups -OCH3 is 1. The summed E-state index contributed by atoms with van der Waals surface area (Å²) in [5, 5.41) is 0. The van der Waals surface area contributed by atoms with Crippen LogP contribution in [0.3, 0.4) is 0 Å². The Morgan fingerprint density at radius 3 is 2.71 bits per heavy atom. The molecule has 1 saturated carbocycles. The zero-order valence-corrected chi connectivity index (χ0v) is 12.9. The van der Waals surface area contributed by atoms with Crippen molar-refractivity contribution in [3.63, 3.8) is 0 Å². The molecule has 1 aliphatic rings. The summed E-state index contributed by atoms with van der Waals surface area (Å²) in [5.41, 5.74) is 6.52. The lowest BCUT2D eigenvalue weighted by atomic mass is 10.00. The molecule has 1 aliphatic carbocycles. The molecule has 116 valence electrons. The van der Waals surface area contributed by atoms with Crippen LogP contribution >= 0.6 is 0 Å². The molecule has 1 aromatic rings. The second-order valence-corrected chi connectivity index (χ2v) is 5.88. The highest BCUT2D eigenvalue weighted by Crippen LogP contribution is 2.32. The van der Waals surface area contributed by atoms with Gasteiger partial charge in [0.2, 0.25) is 0 Å². The van der Waals surface area contributed by atoms with Crippen LogP contribution in [0.4, 0.5) is 0 Å². The van der Waals surface area contributed by atoms with Gasteiger partial charge in [-0.3, -0.25) is 4.79 Å². The highest BCUT2D eigenvalue weighted by Gasteiger charge is 2.44. The van der Waals surface area contributed by atoms with Crippen LogP contribution in [0.1, 0.15) is 44.6 Å². The van der Waals surface area contributed by atoms with E-state index in [1.54, 1.807) is 0 Å². The predicted octanol–water partition coefficient (Wildman–Crippen LogP) is 2.83. The second kappa shape index (κ2) is 6.94. The standard InChI is InChI=1S/C17H25NO3/c1-3-4-5-13-6-8-14(9-7-13)21-15-10-11-17(18,12-15)16(19)20-2/h6-9,15H,3-5,10-12,18H2,1-2H3. The lowest BCUT2D eigenvalue weighted by Gasteiger charge is -2.21. The van der Waals surface area contributed by atoms with Crippen LogP contribution in [0.25, 0.3) is 0 Å². The fourth-order valence-electron chi connectivity index (χ4n) is 2.83. The molecule has 0 aromatic heterocycles. The Hall–Kier alpha value is -1.55. The Labute approximate surface area is 126 Å². The molecule has 1 fully saturated rings. The van der Waals surface area contributed by atoms with Gasteiger partial charge in [0.15, 0.2) is 0 Å². The first-order chi connectivity index (χ1) is 10.1. The summed E-state index contributed by atoms with van der Waals surface area (Å²) in [6.45, 7) is 2.19. The van der Waals surface area contributed by atoms with E-state index in [1.165, 1.54) is 25.5 Å². The molecule has 4 heteroatoms. The molecule has 2 atom stereocenters. The number of carbonyl (C=O) groups excluding carboxylic acids is 1. The zero-order chi connectivity index (χ0) is 15.3. The van der Waals surface area contributed by atoms with Crippen LogP contribution in [0.15, 0.2) is 24.3 Å². The van der Waals surface area contributed by atoms with E-state index in [9.17, 15) is 4.79 Å². The number of aryl methyl sites for hydroxylation is 1. The Kier molecular flexibility index (Phi) is 5.23. The normalized spacial score (nSPS) is 24.8. The molecule has 2 unspecified atom stereocenters. The number of unbranched alkanes of at least 4 members (excludes halogenated alkanes) is 1. The number of ether oxygens (including phenoxy) is 2. The summed E-state index contributed by atoms with van der Waals surface area (Å²) in [7, 11) is 1.38. The smallest absolute Gasteiger partial charge is 0.325 e. The molecule has 2 rings (SSSR count). The maximum atomic E-state index is 11.7. The Morgan fingerprint density at radius 2 is 2.10 bits per heavy atom. The average molecular weight is 291 g/mol. The molecule has 0 saturated heterocycles. The van der Waals surface area contributed by atoms with E-state index in [2.05, 4.69) is 19.1 Å². The van der Waals surface area contributed by atoms with E-state index in [0.29, 0.717) is 12.8 Å². The van der Waals surface area contributed by atoms with Gasteiger partial charge in [-0.15, -0.1) is 0 Å². The van der Waals surface area contributed by atoms with Crippen LogP contribution < -0.4 is 10.5 Å². The third kappa shape index (κ3) is 3.97. The Bertz CT molecular complexity index is 471. The summed E-state index contributed by atoms with van der Waals surface area (Å²) < 4.78 is 10.7. The minimum absolute atomic E-state index is 0.0180. The van der Waals surface area contributed by atoms with Gasteiger partial charge in [0.1, 0.15) is 17.4 Å². The fraction of sp³-hybridized carbons (Fsp3) is 0.588. The monoisotopic (exact) mass is 291 g/mol. The molecule has 0 heterocycles. The zero-order valence-electron chi connectivity index (χ0n) is 12.9. The maximum Gasteiger partial charge on any atom is 0.325 e. The number of carbonyl (C=O) groups is 1. The van der Waals surface area contributed by atoms with Crippen molar-refractivity contribution in [1.29, 1.82) is 0 Å². The van der Waals surface area contributed by atoms with Gasteiger partial charge in [-0.2, -0.15) is 0 Å². The largest absolute Gasteiger partial charge is 0.490 e. The van der Waals surface area contributed by atoms with Gasteiger partial charge < -0.3 is 15.2 Å². The molecule has 21 heavy (non-hydrogen) atoms. The number of hydrogen-bond donors (Lipinski definition) is 1. The Morgan fingerprint density at radius 1 is 1.38 bits per heavy atom. The summed E-state index contributed by atoms with van der Waals surface area (Å²) >= 11 is 0. The van der Waals surface area contributed by atoms with Crippen molar-refractivity contribution in [2.75, 3.05) is 7.11 Å². The van der Waals surface area contributed by atoms with E-state index in [-0.39, 0.29) is 12.1 Å². The van der Waals surface area contributed by atoms with Gasteiger partial charge in [-0.25, -0.2) is 0 Å². The first kappa shape index (κ1) is 15.8. The van der Waals surface area contributed by atoms with Gasteiger partial charge in [0, 0.05) is 6.42 Å². The summed E-state index contributed by atoms with van der Waals surface area (Å²) in [5.74, 6) is 0.498. The average Bonchev–Trinajstić information content (AvgIpc) is 2.88. The first-order valence-electron chi connectivity index (χ1n) is 7.70. The van der Waals surface area contributed by atoms with E-state index in [4.69, 9.17) is 15.2 Å². The molecule has 0 bridgehead atoms. The van der Waals surface area contributed by atoms with Gasteiger partial charge >= 0.3 is 5.97 Å². The molecule has 1 aromatic carbocycles. The second-order valence-electron chi connectivity index (χ2n) is 5.88. The number of hydrogen-bond acceptors (Lipinski definition) is 4. The van der Waals surface area contributed by atoms with Crippen LogP contribution in [0.5, 0.6) is 5.75 Å². The minimum Gasteiger partial charge on any atom is -0.490 e. The van der Waals surface area contributed by atoms with Gasteiger partial charge in [0.05, 0.1) is 7.11 Å². The van der Waals surface area contributed by atoms with Crippen molar-refractivity contribution in [2.24, 2.45) is 5.73 Å². The quantitative estimate of drug-likeness (QED) is 0.819. The van der Waals surface area contributed by atoms with Gasteiger partial charge in [0.25, 0.3) is 0 Å². The summed E-state index contributed by atoms with van der Waals surface area (Å²) in [6.07, 6.45) is 5.40. The molecular weight excluding hydrogens is 266 g/mol. The molecular formula is C17H25NO3. The molecule has 4 nitrogen and oxygen atoms in total.